The first-order valence-electron chi connectivity index (χ1n) is 11.5. The van der Waals surface area contributed by atoms with Crippen molar-refractivity contribution in [3.05, 3.63) is 105 Å². The van der Waals surface area contributed by atoms with E-state index in [2.05, 4.69) is 5.10 Å². The molecule has 0 unspecified atom stereocenters. The number of rotatable bonds is 4. The highest BCUT2D eigenvalue weighted by atomic mass is 35.5. The van der Waals surface area contributed by atoms with Crippen molar-refractivity contribution < 1.29 is 26.7 Å². The number of hydrogen-bond acceptors (Lipinski definition) is 2. The maximum Gasteiger partial charge on any atom is 0.280 e. The minimum Gasteiger partial charge on any atom is -0.340 e. The van der Waals surface area contributed by atoms with Gasteiger partial charge in [-0.15, -0.1) is 0 Å². The number of carbonyl (C=O) groups is 1. The lowest BCUT2D eigenvalue weighted by atomic mass is 10.0. The second-order valence-corrected chi connectivity index (χ2v) is 9.38. The largest absolute Gasteiger partial charge is 0.340 e. The van der Waals surface area contributed by atoms with Crippen molar-refractivity contribution in [3.63, 3.8) is 0 Å². The minimum absolute atomic E-state index is 0.0460. The van der Waals surface area contributed by atoms with Crippen molar-refractivity contribution in [2.75, 3.05) is 5.01 Å². The lowest BCUT2D eigenvalue weighted by molar-refractivity contribution is -0.114. The Morgan fingerprint density at radius 2 is 1.53 bits per heavy atom. The van der Waals surface area contributed by atoms with Crippen molar-refractivity contribution in [2.24, 2.45) is 5.10 Å². The number of anilines is 1. The smallest absolute Gasteiger partial charge is 0.280 e. The molecule has 0 spiro atoms. The standard InChI is InChI=1S/C28H19ClF5N3O/c1-13-8-9-21-19(10-13)18(15(3)36(21)12-16-6-4-5-7-20(16)29)11-17-14(2)35-37(28(17)38)27-25(33)23(31)22(30)24(32)26(27)34/h4-11H,12H2,1-3H3/b17-11+. The van der Waals surface area contributed by atoms with Gasteiger partial charge in [-0.1, -0.05) is 41.4 Å². The summed E-state index contributed by atoms with van der Waals surface area (Å²) in [6, 6.07) is 13.2. The molecule has 194 valence electrons. The first-order chi connectivity index (χ1) is 18.0. The summed E-state index contributed by atoms with van der Waals surface area (Å²) < 4.78 is 72.1. The van der Waals surface area contributed by atoms with Crippen molar-refractivity contribution >= 4 is 45.9 Å². The SMILES string of the molecule is CC1=NN(c2c(F)c(F)c(F)c(F)c2F)C(=O)/C1=C/c1c(C)n(Cc2ccccc2Cl)c2ccc(C)cc12. The van der Waals surface area contributed by atoms with Crippen LogP contribution in [0.2, 0.25) is 5.02 Å². The molecule has 0 atom stereocenters. The first kappa shape index (κ1) is 25.7. The van der Waals surface area contributed by atoms with E-state index in [0.29, 0.717) is 17.1 Å². The van der Waals surface area contributed by atoms with E-state index in [4.69, 9.17) is 11.6 Å². The molecular formula is C28H19ClF5N3O. The van der Waals surface area contributed by atoms with Gasteiger partial charge in [-0.2, -0.15) is 10.1 Å². The summed E-state index contributed by atoms with van der Waals surface area (Å²) in [5.74, 6) is -11.9. The monoisotopic (exact) mass is 543 g/mol. The molecule has 0 N–H and O–H groups in total. The van der Waals surface area contributed by atoms with Crippen LogP contribution in [0.5, 0.6) is 0 Å². The third-order valence-corrected chi connectivity index (χ3v) is 6.93. The second kappa shape index (κ2) is 9.40. The summed E-state index contributed by atoms with van der Waals surface area (Å²) in [7, 11) is 0. The van der Waals surface area contributed by atoms with Gasteiger partial charge in [-0.25, -0.2) is 22.0 Å². The molecule has 4 nitrogen and oxygen atoms in total. The summed E-state index contributed by atoms with van der Waals surface area (Å²) in [5, 5.41) is 5.44. The van der Waals surface area contributed by atoms with E-state index in [1.54, 1.807) is 6.07 Å². The van der Waals surface area contributed by atoms with Crippen LogP contribution in [0.25, 0.3) is 17.0 Å². The fourth-order valence-electron chi connectivity index (χ4n) is 4.56. The molecule has 0 saturated carbocycles. The number of hydrazone groups is 1. The zero-order valence-corrected chi connectivity index (χ0v) is 21.1. The highest BCUT2D eigenvalue weighted by Crippen LogP contribution is 2.36. The molecule has 1 aliphatic heterocycles. The van der Waals surface area contributed by atoms with Gasteiger partial charge in [0.2, 0.25) is 5.82 Å². The van der Waals surface area contributed by atoms with Crippen LogP contribution in [0, 0.1) is 42.9 Å². The molecule has 4 aromatic rings. The summed E-state index contributed by atoms with van der Waals surface area (Å²) >= 11 is 6.39. The second-order valence-electron chi connectivity index (χ2n) is 8.98. The van der Waals surface area contributed by atoms with Crippen molar-refractivity contribution in [2.45, 2.75) is 27.3 Å². The summed E-state index contributed by atoms with van der Waals surface area (Å²) in [6.07, 6.45) is 1.52. The molecule has 38 heavy (non-hydrogen) atoms. The molecule has 0 saturated heterocycles. The van der Waals surface area contributed by atoms with Crippen LogP contribution in [0.15, 0.2) is 53.1 Å². The number of benzene rings is 3. The van der Waals surface area contributed by atoms with Crippen LogP contribution in [-0.2, 0) is 11.3 Å². The van der Waals surface area contributed by atoms with Crippen LogP contribution in [-0.4, -0.2) is 16.2 Å². The van der Waals surface area contributed by atoms with E-state index in [1.165, 1.54) is 13.0 Å². The Hall–Kier alpha value is -3.98. The van der Waals surface area contributed by atoms with Gasteiger partial charge in [0.05, 0.1) is 11.3 Å². The third-order valence-electron chi connectivity index (χ3n) is 6.56. The number of aromatic nitrogens is 1. The Labute approximate surface area is 219 Å². The number of fused-ring (bicyclic) bond motifs is 1. The number of aryl methyl sites for hydroxylation is 1. The maximum atomic E-state index is 14.5. The first-order valence-corrected chi connectivity index (χ1v) is 11.8. The Kier molecular flexibility index (Phi) is 6.35. The van der Waals surface area contributed by atoms with E-state index < -0.39 is 40.7 Å². The van der Waals surface area contributed by atoms with Gasteiger partial charge in [0.15, 0.2) is 23.3 Å². The fraction of sp³-hybridized carbons (Fsp3) is 0.143. The van der Waals surface area contributed by atoms with Gasteiger partial charge in [-0.05, 0) is 50.6 Å². The van der Waals surface area contributed by atoms with Gasteiger partial charge < -0.3 is 4.57 Å². The molecule has 0 bridgehead atoms. The fourth-order valence-corrected chi connectivity index (χ4v) is 4.76. The maximum absolute atomic E-state index is 14.5. The molecule has 5 rings (SSSR count). The molecule has 10 heteroatoms. The van der Waals surface area contributed by atoms with Gasteiger partial charge in [0, 0.05) is 33.7 Å². The molecule has 1 aliphatic rings. The quantitative estimate of drug-likeness (QED) is 0.114. The zero-order valence-electron chi connectivity index (χ0n) is 20.3. The highest BCUT2D eigenvalue weighted by molar-refractivity contribution is 6.32. The topological polar surface area (TPSA) is 37.6 Å². The van der Waals surface area contributed by atoms with Crippen LogP contribution in [0.3, 0.4) is 0 Å². The van der Waals surface area contributed by atoms with E-state index in [-0.39, 0.29) is 16.3 Å². The molecule has 0 radical (unpaired) electrons. The van der Waals surface area contributed by atoms with Crippen LogP contribution in [0.1, 0.15) is 29.3 Å². The van der Waals surface area contributed by atoms with Gasteiger partial charge in [0.1, 0.15) is 5.69 Å². The van der Waals surface area contributed by atoms with Crippen molar-refractivity contribution in [3.8, 4) is 0 Å². The third kappa shape index (κ3) is 3.98. The summed E-state index contributed by atoms with van der Waals surface area (Å²) in [6.45, 7) is 5.62. The predicted octanol–water partition coefficient (Wildman–Crippen LogP) is 7.46. The normalized spacial score (nSPS) is 14.8. The molecule has 2 heterocycles. The molecule has 3 aromatic carbocycles. The van der Waals surface area contributed by atoms with E-state index in [0.717, 1.165) is 27.7 Å². The summed E-state index contributed by atoms with van der Waals surface area (Å²) in [5.41, 5.74) is 2.69. The Morgan fingerprint density at radius 1 is 0.895 bits per heavy atom. The molecule has 1 amide bonds. The zero-order chi connectivity index (χ0) is 27.5. The Balaban J connectivity index is 1.65. The van der Waals surface area contributed by atoms with E-state index in [9.17, 15) is 26.7 Å². The summed E-state index contributed by atoms with van der Waals surface area (Å²) in [4.78, 5) is 13.2. The highest BCUT2D eigenvalue weighted by Gasteiger charge is 2.37. The van der Waals surface area contributed by atoms with Gasteiger partial charge in [0.25, 0.3) is 5.91 Å². The predicted molar refractivity (Wildman–Crippen MR) is 137 cm³/mol. The average molecular weight is 544 g/mol. The van der Waals surface area contributed by atoms with Gasteiger partial charge in [-0.3, -0.25) is 4.79 Å². The van der Waals surface area contributed by atoms with Gasteiger partial charge >= 0.3 is 0 Å². The lowest BCUT2D eigenvalue weighted by Gasteiger charge is -2.15. The molecular weight excluding hydrogens is 525 g/mol. The van der Waals surface area contributed by atoms with Crippen LogP contribution >= 0.6 is 11.6 Å². The van der Waals surface area contributed by atoms with Crippen LogP contribution in [0.4, 0.5) is 27.6 Å². The molecule has 1 aromatic heterocycles. The minimum atomic E-state index is -2.32. The molecule has 0 fully saturated rings. The van der Waals surface area contributed by atoms with E-state index in [1.807, 2.05) is 54.8 Å². The number of amides is 1. The Morgan fingerprint density at radius 3 is 2.18 bits per heavy atom. The molecule has 0 aliphatic carbocycles. The van der Waals surface area contributed by atoms with E-state index >= 15 is 0 Å². The van der Waals surface area contributed by atoms with Crippen molar-refractivity contribution in [1.82, 2.24) is 4.57 Å². The number of nitrogens with zero attached hydrogens (tertiary/aromatic N) is 3. The van der Waals surface area contributed by atoms with Crippen LogP contribution < -0.4 is 5.01 Å². The number of carbonyl (C=O) groups excluding carboxylic acids is 1. The average Bonchev–Trinajstić information content (AvgIpc) is 3.30. The number of halogens is 6. The van der Waals surface area contributed by atoms with Crippen molar-refractivity contribution in [1.29, 1.82) is 0 Å². The number of hydrogen-bond donors (Lipinski definition) is 0. The Bertz CT molecular complexity index is 1690. The lowest BCUT2D eigenvalue weighted by Crippen LogP contribution is -2.25.